The van der Waals surface area contributed by atoms with Gasteiger partial charge in [0.2, 0.25) is 35.4 Å². The summed E-state index contributed by atoms with van der Waals surface area (Å²) in [5.74, 6) is -3.89. The van der Waals surface area contributed by atoms with Gasteiger partial charge in [0.25, 0.3) is 0 Å². The molecular weight excluding hydrogens is 642 g/mol. The Morgan fingerprint density at radius 3 is 2.02 bits per heavy atom. The molecule has 286 valence electrons. The van der Waals surface area contributed by atoms with Crippen molar-refractivity contribution in [2.45, 2.75) is 160 Å². The highest BCUT2D eigenvalue weighted by Crippen LogP contribution is 2.27. The number of nitrogens with one attached hydrogen (secondary N) is 4. The third-order valence-corrected chi connectivity index (χ3v) is 10.1. The topological polar surface area (TPSA) is 215 Å². The fourth-order valence-electron chi connectivity index (χ4n) is 6.92. The number of primary amides is 1. The fraction of sp³-hybridized carbons (Fsp3) is 0.833. The van der Waals surface area contributed by atoms with Crippen molar-refractivity contribution in [3.05, 3.63) is 0 Å². The summed E-state index contributed by atoms with van der Waals surface area (Å²) in [6.07, 6.45) is 10.1. The third-order valence-electron chi connectivity index (χ3n) is 10.1. The van der Waals surface area contributed by atoms with E-state index in [0.717, 1.165) is 51.4 Å². The van der Waals surface area contributed by atoms with Crippen molar-refractivity contribution in [2.24, 2.45) is 23.3 Å². The Morgan fingerprint density at radius 2 is 1.42 bits per heavy atom. The van der Waals surface area contributed by atoms with E-state index < -0.39 is 71.8 Å². The number of hydrogen-bond donors (Lipinski definition) is 6. The molecule has 50 heavy (non-hydrogen) atoms. The van der Waals surface area contributed by atoms with Crippen LogP contribution in [0.1, 0.15) is 124 Å². The number of nitrogens with two attached hydrogens (primary N) is 2. The zero-order valence-corrected chi connectivity index (χ0v) is 31.1. The van der Waals surface area contributed by atoms with E-state index >= 15 is 0 Å². The van der Waals surface area contributed by atoms with Crippen molar-refractivity contribution in [1.29, 1.82) is 0 Å². The Bertz CT molecular complexity index is 1110. The van der Waals surface area contributed by atoms with E-state index in [2.05, 4.69) is 28.2 Å². The second-order valence-corrected chi connectivity index (χ2v) is 14.3. The van der Waals surface area contributed by atoms with Gasteiger partial charge in [0.15, 0.2) is 0 Å². The lowest BCUT2D eigenvalue weighted by molar-refractivity contribution is -0.147. The number of unbranched alkanes of at least 4 members (excludes halogenated alkanes) is 3. The lowest BCUT2D eigenvalue weighted by Crippen LogP contribution is -2.61. The maximum absolute atomic E-state index is 14.1. The molecule has 0 unspecified atom stereocenters. The molecule has 1 heterocycles. The average molecular weight is 708 g/mol. The van der Waals surface area contributed by atoms with Crippen molar-refractivity contribution in [1.82, 2.24) is 26.2 Å². The van der Waals surface area contributed by atoms with Crippen LogP contribution in [0.2, 0.25) is 0 Å². The number of carbonyl (C=O) groups excluding carboxylic acids is 6. The Kier molecular flexibility index (Phi) is 19.3. The molecule has 1 aliphatic carbocycles. The standard InChI is InChI=1S/C36H65N7O7/c1-6-8-9-14-18-29-24(4)36(49)43(5)28(15-7-2)34(47)42-31(25-16-12-10-11-13-17-25)35(48)41-27(21-37)33(46)40-26(19-20-30(38)44)32(45)39-23(3)22-50-29/h23-29,31H,6-22,37H2,1-5H3,(H2,38,44)(H,39,45)(H,40,46)(H,41,48)(H,42,47)/t23-,24-,26+,27+,28+,29-,31+/m1/s1. The van der Waals surface area contributed by atoms with Gasteiger partial charge in [-0.1, -0.05) is 78.6 Å². The minimum atomic E-state index is -1.22. The number of carbonyl (C=O) groups is 6. The van der Waals surface area contributed by atoms with Crippen LogP contribution < -0.4 is 32.7 Å². The highest BCUT2D eigenvalue weighted by molar-refractivity contribution is 5.96. The Labute approximate surface area is 298 Å². The molecule has 2 rings (SSSR count). The molecule has 2 aliphatic rings. The largest absolute Gasteiger partial charge is 0.375 e. The summed E-state index contributed by atoms with van der Waals surface area (Å²) in [6, 6.07) is -4.66. The first-order chi connectivity index (χ1) is 23.8. The quantitative estimate of drug-likeness (QED) is 0.130. The molecule has 0 spiro atoms. The number of ether oxygens (including phenoxy) is 1. The maximum Gasteiger partial charge on any atom is 0.244 e. The second kappa shape index (κ2) is 22.5. The van der Waals surface area contributed by atoms with Gasteiger partial charge in [0.05, 0.1) is 18.6 Å². The van der Waals surface area contributed by atoms with Crippen LogP contribution in [0.25, 0.3) is 0 Å². The van der Waals surface area contributed by atoms with E-state index in [0.29, 0.717) is 32.1 Å². The lowest BCUT2D eigenvalue weighted by Gasteiger charge is -2.34. The molecule has 0 radical (unpaired) electrons. The van der Waals surface area contributed by atoms with Crippen molar-refractivity contribution in [3.63, 3.8) is 0 Å². The molecule has 0 aromatic carbocycles. The van der Waals surface area contributed by atoms with Gasteiger partial charge in [0.1, 0.15) is 24.2 Å². The predicted octanol–water partition coefficient (Wildman–Crippen LogP) is 1.77. The fourth-order valence-corrected chi connectivity index (χ4v) is 6.92. The van der Waals surface area contributed by atoms with Crippen LogP contribution in [-0.2, 0) is 33.5 Å². The molecule has 1 saturated carbocycles. The first kappa shape index (κ1) is 42.9. The number of hydrogen-bond acceptors (Lipinski definition) is 8. The van der Waals surface area contributed by atoms with Crippen LogP contribution in [0.15, 0.2) is 0 Å². The molecule has 2 fully saturated rings. The highest BCUT2D eigenvalue weighted by atomic mass is 16.5. The molecule has 14 nitrogen and oxygen atoms in total. The molecule has 7 atom stereocenters. The first-order valence-electron chi connectivity index (χ1n) is 18.9. The average Bonchev–Trinajstić information content (AvgIpc) is 3.37. The molecule has 0 aromatic rings. The Morgan fingerprint density at radius 1 is 0.780 bits per heavy atom. The van der Waals surface area contributed by atoms with Gasteiger partial charge in [0, 0.05) is 26.1 Å². The van der Waals surface area contributed by atoms with E-state index in [4.69, 9.17) is 16.2 Å². The van der Waals surface area contributed by atoms with Gasteiger partial charge in [-0.05, 0) is 44.9 Å². The van der Waals surface area contributed by atoms with Crippen LogP contribution in [0.4, 0.5) is 0 Å². The molecule has 8 N–H and O–H groups in total. The van der Waals surface area contributed by atoms with Gasteiger partial charge < -0.3 is 42.4 Å². The summed E-state index contributed by atoms with van der Waals surface area (Å²) in [7, 11) is 1.62. The molecular formula is C36H65N7O7. The summed E-state index contributed by atoms with van der Waals surface area (Å²) in [5.41, 5.74) is 11.3. The summed E-state index contributed by atoms with van der Waals surface area (Å²) in [4.78, 5) is 82.2. The number of likely N-dealkylation sites (N-methyl/N-ethyl adjacent to an activating group) is 1. The van der Waals surface area contributed by atoms with E-state index in [-0.39, 0.29) is 37.8 Å². The summed E-state index contributed by atoms with van der Waals surface area (Å²) < 4.78 is 6.32. The molecule has 0 aromatic heterocycles. The number of amides is 6. The second-order valence-electron chi connectivity index (χ2n) is 14.3. The van der Waals surface area contributed by atoms with Gasteiger partial charge in [-0.2, -0.15) is 0 Å². The van der Waals surface area contributed by atoms with E-state index in [9.17, 15) is 28.8 Å². The Hall–Kier alpha value is -3.26. The SMILES string of the molecule is CCCCCC[C@H]1OC[C@@H](C)NC(=O)[C@H](CCC(N)=O)NC(=O)[C@H](CN)NC(=O)[C@H](C2CCCCCC2)NC(=O)[C@H](CCC)N(C)C(=O)[C@@H]1C. The van der Waals surface area contributed by atoms with Gasteiger partial charge in [-0.25, -0.2) is 0 Å². The lowest BCUT2D eigenvalue weighted by atomic mass is 9.90. The molecule has 0 bridgehead atoms. The Balaban J connectivity index is 2.55. The van der Waals surface area contributed by atoms with Crippen LogP contribution in [0, 0.1) is 11.8 Å². The van der Waals surface area contributed by atoms with Crippen LogP contribution >= 0.6 is 0 Å². The van der Waals surface area contributed by atoms with Gasteiger partial charge in [-0.15, -0.1) is 0 Å². The minimum absolute atomic E-state index is 0.0663. The highest BCUT2D eigenvalue weighted by Gasteiger charge is 2.38. The van der Waals surface area contributed by atoms with Crippen LogP contribution in [0.3, 0.4) is 0 Å². The monoisotopic (exact) mass is 707 g/mol. The molecule has 1 aliphatic heterocycles. The summed E-state index contributed by atoms with van der Waals surface area (Å²) >= 11 is 0. The predicted molar refractivity (Wildman–Crippen MR) is 191 cm³/mol. The minimum Gasteiger partial charge on any atom is -0.375 e. The summed E-state index contributed by atoms with van der Waals surface area (Å²) in [5, 5.41) is 11.2. The van der Waals surface area contributed by atoms with E-state index in [1.807, 2.05) is 6.92 Å². The third kappa shape index (κ3) is 13.8. The zero-order chi connectivity index (χ0) is 37.2. The first-order valence-corrected chi connectivity index (χ1v) is 18.9. The zero-order valence-electron chi connectivity index (χ0n) is 31.1. The van der Waals surface area contributed by atoms with Crippen molar-refractivity contribution >= 4 is 35.4 Å². The molecule has 1 saturated heterocycles. The van der Waals surface area contributed by atoms with Crippen molar-refractivity contribution in [3.8, 4) is 0 Å². The smallest absolute Gasteiger partial charge is 0.244 e. The van der Waals surface area contributed by atoms with E-state index in [1.54, 1.807) is 20.9 Å². The normalized spacial score (nSPS) is 29.0. The van der Waals surface area contributed by atoms with Crippen LogP contribution in [-0.4, -0.2) is 96.9 Å². The molecule has 6 amide bonds. The molecule has 14 heteroatoms. The van der Waals surface area contributed by atoms with E-state index in [1.165, 1.54) is 4.90 Å². The van der Waals surface area contributed by atoms with Gasteiger partial charge >= 0.3 is 0 Å². The van der Waals surface area contributed by atoms with Crippen molar-refractivity contribution < 1.29 is 33.5 Å². The summed E-state index contributed by atoms with van der Waals surface area (Å²) in [6.45, 7) is 7.43. The number of rotatable bonds is 12. The van der Waals surface area contributed by atoms with Crippen molar-refractivity contribution in [2.75, 3.05) is 20.2 Å². The van der Waals surface area contributed by atoms with Crippen LogP contribution in [0.5, 0.6) is 0 Å². The van der Waals surface area contributed by atoms with Gasteiger partial charge in [-0.3, -0.25) is 28.8 Å². The number of nitrogens with zero attached hydrogens (tertiary/aromatic N) is 1. The maximum atomic E-state index is 14.1.